The number of hydrogen-bond acceptors (Lipinski definition) is 24. The molecule has 0 bridgehead atoms. The van der Waals surface area contributed by atoms with Gasteiger partial charge in [-0.05, 0) is 26.0 Å². The van der Waals surface area contributed by atoms with Crippen LogP contribution in [-0.4, -0.2) is 193 Å². The van der Waals surface area contributed by atoms with Gasteiger partial charge in [0.25, 0.3) is 0 Å². The number of rotatable bonds is 12. The minimum Gasteiger partial charge on any atom is -0.507 e. The van der Waals surface area contributed by atoms with Crippen LogP contribution in [-0.2, 0) is 50.9 Å². The molecule has 0 saturated carbocycles. The van der Waals surface area contributed by atoms with Gasteiger partial charge in [-0.3, -0.25) is 38.6 Å². The number of aliphatic hydroxyl groups excluding tert-OH is 2. The molecule has 12 atom stereocenters. The number of carbonyl (C=O) groups excluding carboxylic acids is 6. The van der Waals surface area contributed by atoms with E-state index in [1.165, 1.54) is 50.6 Å². The quantitative estimate of drug-likeness (QED) is 0.0808. The third kappa shape index (κ3) is 8.32. The van der Waals surface area contributed by atoms with Crippen LogP contribution < -0.4 is 9.47 Å². The van der Waals surface area contributed by atoms with Gasteiger partial charge in [0.15, 0.2) is 35.7 Å². The molecule has 4 saturated heterocycles. The monoisotopic (exact) mass is 1120 g/mol. The van der Waals surface area contributed by atoms with Gasteiger partial charge in [-0.2, -0.15) is 0 Å². The number of ketones is 6. The highest BCUT2D eigenvalue weighted by atomic mass is 16.7. The van der Waals surface area contributed by atoms with Crippen molar-refractivity contribution in [1.29, 1.82) is 0 Å². The first kappa shape index (κ1) is 54.8. The maximum atomic E-state index is 14.2. The Kier molecular flexibility index (Phi) is 13.5. The standard InChI is InChI=1S/C57H58N2O22/c1-22-54-28(11-36(78-22)80-32-15-56(72,34(62)17-60)13-26-40(32)52(70)44-42(48(26)66)46(64)24-7-5-9-30(74-3)38(24)50(44)68)58(20-76-54)19-59-21-77-55-23(2)79-37(12-29(55)59)81-33-16-57(73,35(63)18-61)14-27-41(33)53(71)45-43(49(27)67)47(65)25-8-6-10-31(75-4)39(25)51(45)69/h5-10,22-23,28-29,32-33,36-37,54-55,60-61,66-67,70-73H,11-21H2,1-4H3/t22-,23-,28-,29?,32-,33-,36-,37-,54+,55?,56-,57-/m0/s1. The predicted octanol–water partition coefficient (Wildman–Crippen LogP) is 1.65. The number of benzene rings is 4. The molecule has 24 heteroatoms. The van der Waals surface area contributed by atoms with E-state index in [2.05, 4.69) is 0 Å². The van der Waals surface area contributed by atoms with Crippen LogP contribution in [0.4, 0.5) is 0 Å². The minimum atomic E-state index is -2.37. The maximum Gasteiger partial charge on any atom is 0.202 e. The molecule has 4 aliphatic heterocycles. The zero-order valence-electron chi connectivity index (χ0n) is 44.2. The Morgan fingerprint density at radius 1 is 0.580 bits per heavy atom. The second-order valence-corrected chi connectivity index (χ2v) is 22.0. The lowest BCUT2D eigenvalue weighted by Gasteiger charge is -2.44. The highest BCUT2D eigenvalue weighted by Crippen LogP contribution is 2.55. The van der Waals surface area contributed by atoms with E-state index in [-0.39, 0.29) is 89.0 Å². The third-order valence-electron chi connectivity index (χ3n) is 17.6. The van der Waals surface area contributed by atoms with E-state index in [1.54, 1.807) is 13.8 Å². The summed E-state index contributed by atoms with van der Waals surface area (Å²) in [7, 11) is 2.62. The van der Waals surface area contributed by atoms with Crippen LogP contribution >= 0.6 is 0 Å². The van der Waals surface area contributed by atoms with Crippen LogP contribution in [0.5, 0.6) is 34.5 Å². The average Bonchev–Trinajstić information content (AvgIpc) is 2.83. The number of hydrogen-bond donors (Lipinski definition) is 8. The van der Waals surface area contributed by atoms with Crippen molar-refractivity contribution in [3.63, 3.8) is 0 Å². The molecule has 8 aliphatic rings. The van der Waals surface area contributed by atoms with E-state index >= 15 is 0 Å². The lowest BCUT2D eigenvalue weighted by molar-refractivity contribution is -0.248. The molecule has 0 spiro atoms. The zero-order valence-corrected chi connectivity index (χ0v) is 44.2. The van der Waals surface area contributed by atoms with Crippen LogP contribution in [0.25, 0.3) is 0 Å². The third-order valence-corrected chi connectivity index (χ3v) is 17.6. The molecule has 0 aromatic heterocycles. The van der Waals surface area contributed by atoms with Gasteiger partial charge < -0.3 is 78.7 Å². The van der Waals surface area contributed by atoms with Crippen molar-refractivity contribution < 1.29 is 108 Å². The van der Waals surface area contributed by atoms with Crippen molar-refractivity contribution in [1.82, 2.24) is 9.80 Å². The number of ether oxygens (including phenoxy) is 8. The van der Waals surface area contributed by atoms with Gasteiger partial charge >= 0.3 is 0 Å². The lowest BCUT2D eigenvalue weighted by Crippen LogP contribution is -2.55. The van der Waals surface area contributed by atoms with Crippen LogP contribution in [0.2, 0.25) is 0 Å². The van der Waals surface area contributed by atoms with Crippen LogP contribution in [0, 0.1) is 0 Å². The Labute approximate surface area is 460 Å². The number of aliphatic hydroxyl groups is 4. The van der Waals surface area contributed by atoms with Crippen molar-refractivity contribution >= 4 is 34.7 Å². The topological polar surface area (TPSA) is 345 Å². The maximum absolute atomic E-state index is 14.2. The summed E-state index contributed by atoms with van der Waals surface area (Å²) in [4.78, 5) is 87.2. The fourth-order valence-corrected chi connectivity index (χ4v) is 13.6. The second-order valence-electron chi connectivity index (χ2n) is 22.0. The van der Waals surface area contributed by atoms with Crippen LogP contribution in [0.3, 0.4) is 0 Å². The van der Waals surface area contributed by atoms with E-state index in [0.29, 0.717) is 0 Å². The minimum absolute atomic E-state index is 0.0509. The number of carbonyl (C=O) groups is 6. The van der Waals surface area contributed by atoms with Crippen molar-refractivity contribution in [3.8, 4) is 34.5 Å². The number of fused-ring (bicyclic) bond motifs is 8. The summed E-state index contributed by atoms with van der Waals surface area (Å²) in [5.41, 5.74) is -8.10. The largest absolute Gasteiger partial charge is 0.507 e. The molecule has 4 fully saturated rings. The second kappa shape index (κ2) is 20.0. The Hall–Kier alpha value is -6.78. The van der Waals surface area contributed by atoms with Gasteiger partial charge in [0.2, 0.25) is 11.6 Å². The van der Waals surface area contributed by atoms with Crippen molar-refractivity contribution in [2.75, 3.05) is 47.6 Å². The van der Waals surface area contributed by atoms with E-state index in [4.69, 9.17) is 37.9 Å². The summed E-state index contributed by atoms with van der Waals surface area (Å²) in [5, 5.41) is 91.7. The molecule has 4 aliphatic carbocycles. The Morgan fingerprint density at radius 3 is 1.33 bits per heavy atom. The van der Waals surface area contributed by atoms with Gasteiger partial charge in [0, 0.05) is 84.0 Å². The lowest BCUT2D eigenvalue weighted by atomic mass is 9.72. The molecule has 0 amide bonds. The summed E-state index contributed by atoms with van der Waals surface area (Å²) < 4.78 is 49.3. The fraction of sp³-hybridized carbons (Fsp3) is 0.474. The summed E-state index contributed by atoms with van der Waals surface area (Å²) in [6, 6.07) is 7.79. The summed E-state index contributed by atoms with van der Waals surface area (Å²) >= 11 is 0. The molecule has 428 valence electrons. The van der Waals surface area contributed by atoms with Crippen LogP contribution in [0.15, 0.2) is 36.4 Å². The SMILES string of the molecule is COc1cccc2c1C(=O)c1c(O)c3c(c(O)c1C2=O)C[C@@](O)(C(=O)CO)C[C@@H]3O[C@H]1CC2C(OCN2CN2CO[C@@H]3[C@H](C)O[C@@H](O[C@H]4C[C@](O)(C(=O)CO)Cc5c(O)c6c(c(O)c54)C(=O)c4c(OC)cccc4C6=O)C[C@@H]32)[C@H](C)O1. The molecule has 12 rings (SSSR count). The number of phenols is 4. The number of phenolic OH excluding ortho intramolecular Hbond substituents is 4. The predicted molar refractivity (Wildman–Crippen MR) is 271 cm³/mol. The van der Waals surface area contributed by atoms with Gasteiger partial charge in [0.1, 0.15) is 84.6 Å². The van der Waals surface area contributed by atoms with E-state index < -0.39 is 191 Å². The van der Waals surface area contributed by atoms with Gasteiger partial charge in [-0.1, -0.05) is 24.3 Å². The summed E-state index contributed by atoms with van der Waals surface area (Å²) in [5.74, 6) is -8.15. The molecular formula is C57H58N2O22. The highest BCUT2D eigenvalue weighted by Gasteiger charge is 2.55. The van der Waals surface area contributed by atoms with Gasteiger partial charge in [-0.15, -0.1) is 0 Å². The smallest absolute Gasteiger partial charge is 0.202 e. The average molecular weight is 1120 g/mol. The molecule has 4 aromatic rings. The summed E-state index contributed by atoms with van der Waals surface area (Å²) in [6.07, 6.45) is -9.71. The molecule has 2 unspecified atom stereocenters. The summed E-state index contributed by atoms with van der Waals surface area (Å²) in [6.45, 7) is 1.77. The Morgan fingerprint density at radius 2 is 0.963 bits per heavy atom. The van der Waals surface area contributed by atoms with E-state index in [9.17, 15) is 69.6 Å². The molecule has 4 heterocycles. The van der Waals surface area contributed by atoms with Gasteiger partial charge in [-0.25, -0.2) is 0 Å². The molecule has 8 N–H and O–H groups in total. The van der Waals surface area contributed by atoms with E-state index in [1.807, 2.05) is 9.80 Å². The fourth-order valence-electron chi connectivity index (χ4n) is 13.6. The first-order valence-electron chi connectivity index (χ1n) is 26.5. The zero-order chi connectivity index (χ0) is 57.5. The first-order valence-corrected chi connectivity index (χ1v) is 26.5. The first-order chi connectivity index (χ1) is 38.7. The number of nitrogens with zero attached hydrogens (tertiary/aromatic N) is 2. The normalized spacial score (nSPS) is 31.3. The van der Waals surface area contributed by atoms with Gasteiger partial charge in [0.05, 0.1) is 78.7 Å². The Bertz CT molecular complexity index is 3180. The molecule has 24 nitrogen and oxygen atoms in total. The van der Waals surface area contributed by atoms with E-state index in [0.717, 1.165) is 0 Å². The molecule has 4 aromatic carbocycles. The number of aromatic hydroxyl groups is 4. The molecule has 0 radical (unpaired) electrons. The number of methoxy groups -OCH3 is 2. The van der Waals surface area contributed by atoms with Crippen molar-refractivity contribution in [3.05, 3.63) is 103 Å². The Balaban J connectivity index is 0.808. The highest BCUT2D eigenvalue weighted by molar-refractivity contribution is 6.32. The van der Waals surface area contributed by atoms with Crippen LogP contribution in [0.1, 0.15) is 138 Å². The number of Topliss-reactive ketones (excluding diaryl/α,β-unsaturated/α-hetero) is 2. The van der Waals surface area contributed by atoms with Crippen molar-refractivity contribution in [2.24, 2.45) is 0 Å². The molecular weight excluding hydrogens is 1060 g/mol. The molecule has 81 heavy (non-hydrogen) atoms. The van der Waals surface area contributed by atoms with Crippen molar-refractivity contribution in [2.45, 2.75) is 125 Å².